The van der Waals surface area contributed by atoms with Gasteiger partial charge in [0.15, 0.2) is 0 Å². The molecule has 0 saturated carbocycles. The highest BCUT2D eigenvalue weighted by molar-refractivity contribution is 5.78. The Morgan fingerprint density at radius 1 is 1.19 bits per heavy atom. The van der Waals surface area contributed by atoms with Gasteiger partial charge in [-0.3, -0.25) is 4.79 Å². The van der Waals surface area contributed by atoms with Crippen LogP contribution in [0.4, 0.5) is 9.18 Å². The number of methoxy groups -OCH3 is 1. The lowest BCUT2D eigenvalue weighted by molar-refractivity contribution is -0.156. The number of piperidine rings is 1. The number of imidazole rings is 1. The molecule has 1 atom stereocenters. The molecule has 1 unspecified atom stereocenters. The van der Waals surface area contributed by atoms with Crippen molar-refractivity contribution in [3.63, 3.8) is 0 Å². The second-order valence-electron chi connectivity index (χ2n) is 9.44. The van der Waals surface area contributed by atoms with Crippen molar-refractivity contribution in [2.75, 3.05) is 20.2 Å². The number of benzene rings is 1. The van der Waals surface area contributed by atoms with E-state index in [0.29, 0.717) is 32.4 Å². The first-order chi connectivity index (χ1) is 15.0. The van der Waals surface area contributed by atoms with Crippen molar-refractivity contribution in [3.8, 4) is 0 Å². The van der Waals surface area contributed by atoms with E-state index in [0.717, 1.165) is 11.3 Å². The van der Waals surface area contributed by atoms with Crippen LogP contribution in [0, 0.1) is 11.2 Å². The molecule has 174 valence electrons. The van der Waals surface area contributed by atoms with Crippen LogP contribution in [0.5, 0.6) is 0 Å². The Balaban J connectivity index is 1.78. The Hall–Kier alpha value is -2.90. The zero-order valence-corrected chi connectivity index (χ0v) is 19.4. The maximum Gasteiger partial charge on any atom is 0.410 e. The molecule has 1 amide bonds. The van der Waals surface area contributed by atoms with E-state index in [1.807, 2.05) is 32.3 Å². The summed E-state index contributed by atoms with van der Waals surface area (Å²) in [7, 11) is 1.39. The Kier molecular flexibility index (Phi) is 6.91. The maximum atomic E-state index is 13.3. The molecule has 0 N–H and O–H groups in total. The standard InChI is InChI=1S/C24H32FN3O4/c1-17(18-6-8-19(25)9-7-18)28-16-26-15-20(28)14-24(21(29)31-5)10-12-27(13-11-24)22(30)32-23(2,3)4/h6-9,15-17H,10-14H2,1-5H3. The van der Waals surface area contributed by atoms with Gasteiger partial charge in [-0.2, -0.15) is 0 Å². The first-order valence-corrected chi connectivity index (χ1v) is 10.9. The fourth-order valence-electron chi connectivity index (χ4n) is 4.18. The van der Waals surface area contributed by atoms with Crippen LogP contribution in [0.15, 0.2) is 36.8 Å². The molecular formula is C24H32FN3O4. The molecule has 8 heteroatoms. The molecule has 2 heterocycles. The molecule has 1 aliphatic heterocycles. The molecule has 1 fully saturated rings. The first kappa shape index (κ1) is 23.8. The van der Waals surface area contributed by atoms with Gasteiger partial charge in [0, 0.05) is 31.4 Å². The molecule has 0 spiro atoms. The minimum Gasteiger partial charge on any atom is -0.469 e. The lowest BCUT2D eigenvalue weighted by Crippen LogP contribution is -2.49. The summed E-state index contributed by atoms with van der Waals surface area (Å²) < 4.78 is 26.0. The van der Waals surface area contributed by atoms with Crippen molar-refractivity contribution in [2.45, 2.75) is 58.6 Å². The van der Waals surface area contributed by atoms with E-state index >= 15 is 0 Å². The number of esters is 1. The maximum absolute atomic E-state index is 13.3. The van der Waals surface area contributed by atoms with Gasteiger partial charge in [-0.1, -0.05) is 12.1 Å². The second kappa shape index (κ2) is 9.30. The molecule has 0 radical (unpaired) electrons. The molecule has 1 aromatic heterocycles. The van der Waals surface area contributed by atoms with Gasteiger partial charge in [-0.15, -0.1) is 0 Å². The van der Waals surface area contributed by atoms with Crippen LogP contribution in [-0.4, -0.2) is 52.3 Å². The number of rotatable bonds is 5. The summed E-state index contributed by atoms with van der Waals surface area (Å²) in [5.41, 5.74) is 0.500. The van der Waals surface area contributed by atoms with Crippen molar-refractivity contribution in [3.05, 3.63) is 53.9 Å². The summed E-state index contributed by atoms with van der Waals surface area (Å²) in [4.78, 5) is 31.3. The summed E-state index contributed by atoms with van der Waals surface area (Å²) in [5, 5.41) is 0. The van der Waals surface area contributed by atoms with Crippen LogP contribution in [0.25, 0.3) is 0 Å². The zero-order chi connectivity index (χ0) is 23.5. The van der Waals surface area contributed by atoms with Crippen molar-refractivity contribution in [1.82, 2.24) is 14.5 Å². The van der Waals surface area contributed by atoms with E-state index in [2.05, 4.69) is 4.98 Å². The van der Waals surface area contributed by atoms with Crippen molar-refractivity contribution < 1.29 is 23.5 Å². The Labute approximate surface area is 188 Å². The summed E-state index contributed by atoms with van der Waals surface area (Å²) in [5.74, 6) is -0.572. The van der Waals surface area contributed by atoms with E-state index in [-0.39, 0.29) is 23.9 Å². The van der Waals surface area contributed by atoms with E-state index in [4.69, 9.17) is 9.47 Å². The number of aromatic nitrogens is 2. The van der Waals surface area contributed by atoms with E-state index in [1.54, 1.807) is 29.6 Å². The number of carbonyl (C=O) groups excluding carboxylic acids is 2. The highest BCUT2D eigenvalue weighted by atomic mass is 19.1. The lowest BCUT2D eigenvalue weighted by atomic mass is 9.74. The van der Waals surface area contributed by atoms with Crippen LogP contribution in [0.3, 0.4) is 0 Å². The molecule has 7 nitrogen and oxygen atoms in total. The summed E-state index contributed by atoms with van der Waals surface area (Å²) in [6.45, 7) is 8.32. The minimum absolute atomic E-state index is 0.0790. The highest BCUT2D eigenvalue weighted by Gasteiger charge is 2.44. The third-order valence-corrected chi connectivity index (χ3v) is 6.03. The third kappa shape index (κ3) is 5.29. The van der Waals surface area contributed by atoms with Gasteiger partial charge in [-0.05, 0) is 58.2 Å². The number of nitrogens with zero attached hydrogens (tertiary/aromatic N) is 3. The fraction of sp³-hybridized carbons (Fsp3) is 0.542. The number of ether oxygens (including phenoxy) is 2. The molecule has 1 saturated heterocycles. The predicted octanol–water partition coefficient (Wildman–Crippen LogP) is 4.36. The molecule has 0 bridgehead atoms. The van der Waals surface area contributed by atoms with E-state index in [1.165, 1.54) is 19.2 Å². The molecule has 0 aliphatic carbocycles. The topological polar surface area (TPSA) is 73.7 Å². The molecule has 2 aromatic rings. The quantitative estimate of drug-likeness (QED) is 0.639. The Bertz CT molecular complexity index is 941. The largest absolute Gasteiger partial charge is 0.469 e. The van der Waals surface area contributed by atoms with Crippen molar-refractivity contribution in [1.29, 1.82) is 0 Å². The second-order valence-corrected chi connectivity index (χ2v) is 9.44. The van der Waals surface area contributed by atoms with E-state index < -0.39 is 11.0 Å². The molecule has 3 rings (SSSR count). The van der Waals surface area contributed by atoms with Gasteiger partial charge in [0.05, 0.1) is 24.9 Å². The van der Waals surface area contributed by atoms with Crippen LogP contribution < -0.4 is 0 Å². The van der Waals surface area contributed by atoms with Crippen LogP contribution in [0.1, 0.15) is 57.8 Å². The van der Waals surface area contributed by atoms with Gasteiger partial charge in [-0.25, -0.2) is 14.2 Å². The third-order valence-electron chi connectivity index (χ3n) is 6.03. The van der Waals surface area contributed by atoms with Crippen LogP contribution >= 0.6 is 0 Å². The van der Waals surface area contributed by atoms with Gasteiger partial charge >= 0.3 is 12.1 Å². The summed E-state index contributed by atoms with van der Waals surface area (Å²) in [6, 6.07) is 6.29. The van der Waals surface area contributed by atoms with Crippen LogP contribution in [0.2, 0.25) is 0 Å². The normalized spacial score (nSPS) is 17.0. The number of amides is 1. The SMILES string of the molecule is COC(=O)C1(Cc2cncn2C(C)c2ccc(F)cc2)CCN(C(=O)OC(C)(C)C)CC1. The number of likely N-dealkylation sites (tertiary alicyclic amines) is 1. The number of hydrogen-bond acceptors (Lipinski definition) is 5. The average Bonchev–Trinajstić information content (AvgIpc) is 3.20. The lowest BCUT2D eigenvalue weighted by Gasteiger charge is -2.40. The first-order valence-electron chi connectivity index (χ1n) is 10.9. The van der Waals surface area contributed by atoms with Gasteiger partial charge in [0.2, 0.25) is 0 Å². The number of hydrogen-bond donors (Lipinski definition) is 0. The van der Waals surface area contributed by atoms with Crippen molar-refractivity contribution >= 4 is 12.1 Å². The molecule has 1 aromatic carbocycles. The summed E-state index contributed by atoms with van der Waals surface area (Å²) >= 11 is 0. The predicted molar refractivity (Wildman–Crippen MR) is 118 cm³/mol. The van der Waals surface area contributed by atoms with Gasteiger partial charge < -0.3 is 18.9 Å². The van der Waals surface area contributed by atoms with E-state index in [9.17, 15) is 14.0 Å². The number of carbonyl (C=O) groups is 2. The zero-order valence-electron chi connectivity index (χ0n) is 19.4. The average molecular weight is 446 g/mol. The Morgan fingerprint density at radius 3 is 2.38 bits per heavy atom. The molecule has 32 heavy (non-hydrogen) atoms. The fourth-order valence-corrected chi connectivity index (χ4v) is 4.18. The van der Waals surface area contributed by atoms with Gasteiger partial charge in [0.25, 0.3) is 0 Å². The monoisotopic (exact) mass is 445 g/mol. The molecule has 1 aliphatic rings. The Morgan fingerprint density at radius 2 is 1.81 bits per heavy atom. The van der Waals surface area contributed by atoms with Crippen LogP contribution in [-0.2, 0) is 20.7 Å². The van der Waals surface area contributed by atoms with Gasteiger partial charge in [0.1, 0.15) is 11.4 Å². The molecular weight excluding hydrogens is 413 g/mol. The van der Waals surface area contributed by atoms with Crippen molar-refractivity contribution in [2.24, 2.45) is 5.41 Å². The minimum atomic E-state index is -0.756. The highest BCUT2D eigenvalue weighted by Crippen LogP contribution is 2.37. The number of halogens is 1. The smallest absolute Gasteiger partial charge is 0.410 e. The summed E-state index contributed by atoms with van der Waals surface area (Å²) in [6.07, 6.45) is 4.48.